The molecule has 0 saturated heterocycles. The van der Waals surface area contributed by atoms with Crippen molar-refractivity contribution >= 4 is 17.9 Å². The number of rotatable bonds is 10. The van der Waals surface area contributed by atoms with E-state index in [-0.39, 0.29) is 24.8 Å². The number of aliphatic carboxylic acids is 1. The Morgan fingerprint density at radius 3 is 2.43 bits per heavy atom. The first kappa shape index (κ1) is 19.2. The standard InChI is InChI=1S/C13H25N3O5/c1-4-10(7-11(17)18)8-15-13(20)16-9(2)12(19)14-5-6-21-3/h9-10H,4-8H2,1-3H3,(H,14,19)(H,17,18)(H2,15,16,20). The minimum atomic E-state index is -0.894. The second-order valence-corrected chi connectivity index (χ2v) is 4.73. The fourth-order valence-corrected chi connectivity index (χ4v) is 1.59. The number of carboxylic acid groups (broad SMARTS) is 1. The van der Waals surface area contributed by atoms with E-state index in [1.165, 1.54) is 7.11 Å². The van der Waals surface area contributed by atoms with Crippen LogP contribution in [0.1, 0.15) is 26.7 Å². The van der Waals surface area contributed by atoms with E-state index < -0.39 is 18.0 Å². The first-order valence-corrected chi connectivity index (χ1v) is 6.93. The summed E-state index contributed by atoms with van der Waals surface area (Å²) < 4.78 is 4.80. The molecule has 0 aliphatic heterocycles. The topological polar surface area (TPSA) is 117 Å². The smallest absolute Gasteiger partial charge is 0.315 e. The van der Waals surface area contributed by atoms with Crippen molar-refractivity contribution in [3.63, 3.8) is 0 Å². The third-order valence-corrected chi connectivity index (χ3v) is 2.94. The van der Waals surface area contributed by atoms with E-state index in [9.17, 15) is 14.4 Å². The Hall–Kier alpha value is -1.83. The van der Waals surface area contributed by atoms with Crippen LogP contribution in [0.25, 0.3) is 0 Å². The molecule has 21 heavy (non-hydrogen) atoms. The molecule has 0 aromatic carbocycles. The molecule has 2 unspecified atom stereocenters. The molecule has 0 aliphatic rings. The summed E-state index contributed by atoms with van der Waals surface area (Å²) in [5.41, 5.74) is 0. The normalized spacial score (nSPS) is 13.1. The Bertz CT molecular complexity index is 349. The van der Waals surface area contributed by atoms with E-state index in [0.717, 1.165) is 0 Å². The molecule has 3 amide bonds. The first-order valence-electron chi connectivity index (χ1n) is 6.93. The second kappa shape index (κ2) is 10.9. The number of nitrogens with one attached hydrogen (secondary N) is 3. The molecule has 0 fully saturated rings. The molecule has 2 atom stereocenters. The number of methoxy groups -OCH3 is 1. The van der Waals surface area contributed by atoms with Gasteiger partial charge in [0.25, 0.3) is 0 Å². The van der Waals surface area contributed by atoms with Crippen LogP contribution in [0.15, 0.2) is 0 Å². The summed E-state index contributed by atoms with van der Waals surface area (Å²) in [6.45, 7) is 4.46. The average Bonchev–Trinajstić information content (AvgIpc) is 2.43. The maximum absolute atomic E-state index is 11.6. The number of carbonyl (C=O) groups is 3. The van der Waals surface area contributed by atoms with Crippen molar-refractivity contribution in [3.05, 3.63) is 0 Å². The van der Waals surface area contributed by atoms with Crippen LogP contribution in [-0.2, 0) is 14.3 Å². The molecule has 0 aromatic rings. The van der Waals surface area contributed by atoms with Gasteiger partial charge in [-0.15, -0.1) is 0 Å². The molecular weight excluding hydrogens is 278 g/mol. The molecule has 0 bridgehead atoms. The van der Waals surface area contributed by atoms with Gasteiger partial charge in [0.05, 0.1) is 6.61 Å². The Morgan fingerprint density at radius 1 is 1.24 bits per heavy atom. The number of hydrogen-bond donors (Lipinski definition) is 4. The van der Waals surface area contributed by atoms with Crippen LogP contribution < -0.4 is 16.0 Å². The number of urea groups is 1. The van der Waals surface area contributed by atoms with Crippen LogP contribution in [-0.4, -0.2) is 55.9 Å². The van der Waals surface area contributed by atoms with Crippen LogP contribution >= 0.6 is 0 Å². The monoisotopic (exact) mass is 303 g/mol. The maximum Gasteiger partial charge on any atom is 0.315 e. The molecule has 4 N–H and O–H groups in total. The summed E-state index contributed by atoms with van der Waals surface area (Å²) >= 11 is 0. The van der Waals surface area contributed by atoms with Crippen LogP contribution in [0, 0.1) is 5.92 Å². The van der Waals surface area contributed by atoms with Gasteiger partial charge >= 0.3 is 12.0 Å². The lowest BCUT2D eigenvalue weighted by molar-refractivity contribution is -0.138. The van der Waals surface area contributed by atoms with Gasteiger partial charge in [0, 0.05) is 26.6 Å². The lowest BCUT2D eigenvalue weighted by Crippen LogP contribution is -2.49. The average molecular weight is 303 g/mol. The number of hydrogen-bond acceptors (Lipinski definition) is 4. The number of carbonyl (C=O) groups excluding carboxylic acids is 2. The van der Waals surface area contributed by atoms with Crippen molar-refractivity contribution in [2.45, 2.75) is 32.7 Å². The van der Waals surface area contributed by atoms with Gasteiger partial charge in [-0.1, -0.05) is 13.3 Å². The second-order valence-electron chi connectivity index (χ2n) is 4.73. The van der Waals surface area contributed by atoms with Crippen LogP contribution in [0.2, 0.25) is 0 Å². The molecule has 122 valence electrons. The van der Waals surface area contributed by atoms with Crippen molar-refractivity contribution in [1.82, 2.24) is 16.0 Å². The molecule has 0 aromatic heterocycles. The highest BCUT2D eigenvalue weighted by Gasteiger charge is 2.16. The number of amides is 3. The van der Waals surface area contributed by atoms with Gasteiger partial charge in [-0.25, -0.2) is 4.79 Å². The van der Waals surface area contributed by atoms with Gasteiger partial charge in [-0.2, -0.15) is 0 Å². The van der Waals surface area contributed by atoms with E-state index in [1.807, 2.05) is 6.92 Å². The van der Waals surface area contributed by atoms with Gasteiger partial charge in [0.1, 0.15) is 6.04 Å². The summed E-state index contributed by atoms with van der Waals surface area (Å²) in [5, 5.41) is 16.4. The summed E-state index contributed by atoms with van der Waals surface area (Å²) in [4.78, 5) is 33.8. The lowest BCUT2D eigenvalue weighted by atomic mass is 10.0. The zero-order valence-electron chi connectivity index (χ0n) is 12.8. The first-order chi connectivity index (χ1) is 9.90. The molecule has 8 heteroatoms. The zero-order chi connectivity index (χ0) is 16.3. The van der Waals surface area contributed by atoms with Gasteiger partial charge in [0.15, 0.2) is 0 Å². The Kier molecular flexibility index (Phi) is 9.95. The fraction of sp³-hybridized carbons (Fsp3) is 0.769. The summed E-state index contributed by atoms with van der Waals surface area (Å²) in [5.74, 6) is -1.33. The highest BCUT2D eigenvalue weighted by atomic mass is 16.5. The van der Waals surface area contributed by atoms with Crippen LogP contribution in [0.5, 0.6) is 0 Å². The Morgan fingerprint density at radius 2 is 1.90 bits per heavy atom. The highest BCUT2D eigenvalue weighted by molar-refractivity contribution is 5.86. The Balaban J connectivity index is 4.01. The van der Waals surface area contributed by atoms with Gasteiger partial charge in [0.2, 0.25) is 5.91 Å². The third-order valence-electron chi connectivity index (χ3n) is 2.94. The van der Waals surface area contributed by atoms with Crippen LogP contribution in [0.3, 0.4) is 0 Å². The van der Waals surface area contributed by atoms with Gasteiger partial charge in [-0.05, 0) is 12.8 Å². The molecular formula is C13H25N3O5. The predicted molar refractivity (Wildman–Crippen MR) is 76.9 cm³/mol. The predicted octanol–water partition coefficient (Wildman–Crippen LogP) is -0.0624. The molecule has 0 heterocycles. The molecule has 8 nitrogen and oxygen atoms in total. The number of carboxylic acids is 1. The van der Waals surface area contributed by atoms with Crippen molar-refractivity contribution in [3.8, 4) is 0 Å². The van der Waals surface area contributed by atoms with E-state index in [0.29, 0.717) is 19.6 Å². The zero-order valence-corrected chi connectivity index (χ0v) is 12.8. The highest BCUT2D eigenvalue weighted by Crippen LogP contribution is 2.06. The van der Waals surface area contributed by atoms with E-state index in [4.69, 9.17) is 9.84 Å². The summed E-state index contributed by atoms with van der Waals surface area (Å²) in [6, 6.07) is -1.17. The third kappa shape index (κ3) is 9.67. The number of ether oxygens (including phenoxy) is 1. The maximum atomic E-state index is 11.6. The largest absolute Gasteiger partial charge is 0.481 e. The van der Waals surface area contributed by atoms with Crippen molar-refractivity contribution in [1.29, 1.82) is 0 Å². The van der Waals surface area contributed by atoms with Crippen LogP contribution in [0.4, 0.5) is 4.79 Å². The molecule has 0 aliphatic carbocycles. The van der Waals surface area contributed by atoms with Gasteiger partial charge in [-0.3, -0.25) is 9.59 Å². The van der Waals surface area contributed by atoms with E-state index in [1.54, 1.807) is 6.92 Å². The quantitative estimate of drug-likeness (QED) is 0.422. The lowest BCUT2D eigenvalue weighted by Gasteiger charge is -2.17. The minimum Gasteiger partial charge on any atom is -0.481 e. The molecule has 0 spiro atoms. The van der Waals surface area contributed by atoms with Crippen molar-refractivity contribution in [2.75, 3.05) is 26.8 Å². The SMILES string of the molecule is CCC(CNC(=O)NC(C)C(=O)NCCOC)CC(=O)O. The fourth-order valence-electron chi connectivity index (χ4n) is 1.59. The Labute approximate surface area is 124 Å². The minimum absolute atomic E-state index is 0.00381. The van der Waals surface area contributed by atoms with E-state index in [2.05, 4.69) is 16.0 Å². The van der Waals surface area contributed by atoms with E-state index >= 15 is 0 Å². The molecule has 0 radical (unpaired) electrons. The summed E-state index contributed by atoms with van der Waals surface area (Å²) in [7, 11) is 1.53. The molecule has 0 rings (SSSR count). The van der Waals surface area contributed by atoms with Gasteiger partial charge < -0.3 is 25.8 Å². The molecule has 0 saturated carbocycles. The van der Waals surface area contributed by atoms with Crippen molar-refractivity contribution < 1.29 is 24.2 Å². The van der Waals surface area contributed by atoms with Crippen molar-refractivity contribution in [2.24, 2.45) is 5.92 Å². The summed E-state index contributed by atoms with van der Waals surface area (Å²) in [6.07, 6.45) is 0.656.